The Morgan fingerprint density at radius 1 is 0.520 bits per heavy atom. The fraction of sp³-hybridized carbons (Fsp3) is 1.00. The van der Waals surface area contributed by atoms with E-state index in [-0.39, 0.29) is 0 Å². The van der Waals surface area contributed by atoms with Gasteiger partial charge in [0.15, 0.2) is 0 Å². The first-order chi connectivity index (χ1) is 11.7. The molecule has 0 aliphatic heterocycles. The van der Waals surface area contributed by atoms with Crippen molar-refractivity contribution in [2.45, 2.75) is 113 Å². The number of hydrogen-bond acceptors (Lipinski definition) is 0. The standard InChI is InChI=1S/C25H50/c1-18(2)12-22(13-19(3)4)16-25(24-10-9-11-24)17-23(14-20(5)6)15-21(7)8/h18-25H,9-17H2,1-8H3. The molecule has 0 atom stereocenters. The quantitative estimate of drug-likeness (QED) is 0.312. The van der Waals surface area contributed by atoms with Crippen LogP contribution in [0.4, 0.5) is 0 Å². The van der Waals surface area contributed by atoms with Crippen LogP contribution in [0.25, 0.3) is 0 Å². The van der Waals surface area contributed by atoms with Crippen molar-refractivity contribution in [1.82, 2.24) is 0 Å². The molecule has 0 heterocycles. The molecule has 25 heavy (non-hydrogen) atoms. The average molecular weight is 351 g/mol. The van der Waals surface area contributed by atoms with Gasteiger partial charge in [-0.25, -0.2) is 0 Å². The van der Waals surface area contributed by atoms with Crippen LogP contribution in [0.1, 0.15) is 113 Å². The predicted octanol–water partition coefficient (Wildman–Crippen LogP) is 8.60. The zero-order chi connectivity index (χ0) is 19.0. The summed E-state index contributed by atoms with van der Waals surface area (Å²) >= 11 is 0. The molecule has 1 rings (SSSR count). The minimum Gasteiger partial charge on any atom is -0.0628 e. The van der Waals surface area contributed by atoms with Crippen molar-refractivity contribution in [3.63, 3.8) is 0 Å². The van der Waals surface area contributed by atoms with Gasteiger partial charge < -0.3 is 0 Å². The molecule has 0 heteroatoms. The van der Waals surface area contributed by atoms with Crippen LogP contribution in [0, 0.1) is 47.3 Å². The van der Waals surface area contributed by atoms with Crippen molar-refractivity contribution >= 4 is 0 Å². The van der Waals surface area contributed by atoms with E-state index in [0.717, 1.165) is 47.3 Å². The normalized spacial score (nSPS) is 16.4. The van der Waals surface area contributed by atoms with E-state index in [2.05, 4.69) is 55.4 Å². The smallest absolute Gasteiger partial charge is 0.0381 e. The third-order valence-electron chi connectivity index (χ3n) is 6.31. The fourth-order valence-electron chi connectivity index (χ4n) is 5.49. The van der Waals surface area contributed by atoms with E-state index in [0.29, 0.717) is 0 Å². The molecule has 0 bridgehead atoms. The summed E-state index contributed by atoms with van der Waals surface area (Å²) in [5, 5.41) is 0. The Morgan fingerprint density at radius 3 is 1.04 bits per heavy atom. The van der Waals surface area contributed by atoms with Crippen LogP contribution >= 0.6 is 0 Å². The Bertz CT molecular complexity index is 275. The lowest BCUT2D eigenvalue weighted by atomic mass is 9.67. The average Bonchev–Trinajstić information content (AvgIpc) is 2.32. The molecule has 0 saturated heterocycles. The summed E-state index contributed by atoms with van der Waals surface area (Å²) in [5.41, 5.74) is 0. The maximum Gasteiger partial charge on any atom is -0.0381 e. The van der Waals surface area contributed by atoms with Gasteiger partial charge in [-0.1, -0.05) is 74.7 Å². The maximum absolute atomic E-state index is 2.42. The number of rotatable bonds is 13. The molecule has 0 aromatic rings. The van der Waals surface area contributed by atoms with E-state index >= 15 is 0 Å². The van der Waals surface area contributed by atoms with Gasteiger partial charge in [0.2, 0.25) is 0 Å². The molecule has 1 aliphatic carbocycles. The molecule has 0 radical (unpaired) electrons. The van der Waals surface area contributed by atoms with Crippen molar-refractivity contribution in [1.29, 1.82) is 0 Å². The van der Waals surface area contributed by atoms with E-state index in [1.807, 2.05) is 0 Å². The van der Waals surface area contributed by atoms with Crippen molar-refractivity contribution in [3.05, 3.63) is 0 Å². The van der Waals surface area contributed by atoms with Gasteiger partial charge in [0, 0.05) is 0 Å². The summed E-state index contributed by atoms with van der Waals surface area (Å²) < 4.78 is 0. The molecule has 1 fully saturated rings. The van der Waals surface area contributed by atoms with E-state index < -0.39 is 0 Å². The molecule has 0 aromatic carbocycles. The summed E-state index contributed by atoms with van der Waals surface area (Å²) in [7, 11) is 0. The maximum atomic E-state index is 2.42. The molecule has 0 N–H and O–H groups in total. The molecule has 1 saturated carbocycles. The lowest BCUT2D eigenvalue weighted by Gasteiger charge is -2.39. The molecule has 1 aliphatic rings. The third kappa shape index (κ3) is 10.0. The third-order valence-corrected chi connectivity index (χ3v) is 6.31. The van der Waals surface area contributed by atoms with Gasteiger partial charge in [-0.2, -0.15) is 0 Å². The van der Waals surface area contributed by atoms with Crippen LogP contribution in [0.2, 0.25) is 0 Å². The SMILES string of the molecule is CC(C)CC(CC(C)C)CC(CC(CC(C)C)CC(C)C)C1CCC1. The van der Waals surface area contributed by atoms with Crippen molar-refractivity contribution in [2.24, 2.45) is 47.3 Å². The van der Waals surface area contributed by atoms with Crippen LogP contribution in [-0.2, 0) is 0 Å². The van der Waals surface area contributed by atoms with Gasteiger partial charge >= 0.3 is 0 Å². The zero-order valence-electron chi connectivity index (χ0n) is 19.0. The molecule has 0 nitrogen and oxygen atoms in total. The molecule has 0 amide bonds. The highest BCUT2D eigenvalue weighted by Gasteiger charge is 2.31. The van der Waals surface area contributed by atoms with Crippen molar-refractivity contribution < 1.29 is 0 Å². The first-order valence-electron chi connectivity index (χ1n) is 11.7. The van der Waals surface area contributed by atoms with Crippen LogP contribution in [0.5, 0.6) is 0 Å². The van der Waals surface area contributed by atoms with Crippen molar-refractivity contribution in [2.75, 3.05) is 0 Å². The first-order valence-corrected chi connectivity index (χ1v) is 11.7. The summed E-state index contributed by atoms with van der Waals surface area (Å²) in [5.74, 6) is 7.41. The van der Waals surface area contributed by atoms with E-state index in [1.165, 1.54) is 57.8 Å². The Labute approximate surface area is 160 Å². The first kappa shape index (κ1) is 23.0. The Balaban J connectivity index is 2.75. The lowest BCUT2D eigenvalue weighted by molar-refractivity contribution is 0.122. The highest BCUT2D eigenvalue weighted by molar-refractivity contribution is 4.83. The van der Waals surface area contributed by atoms with Gasteiger partial charge in [0.25, 0.3) is 0 Å². The summed E-state index contributed by atoms with van der Waals surface area (Å²) in [6.45, 7) is 19.4. The largest absolute Gasteiger partial charge is 0.0628 e. The zero-order valence-corrected chi connectivity index (χ0v) is 19.0. The highest BCUT2D eigenvalue weighted by Crippen LogP contribution is 2.43. The van der Waals surface area contributed by atoms with Crippen molar-refractivity contribution in [3.8, 4) is 0 Å². The van der Waals surface area contributed by atoms with Crippen LogP contribution < -0.4 is 0 Å². The van der Waals surface area contributed by atoms with E-state index in [1.54, 1.807) is 0 Å². The monoisotopic (exact) mass is 350 g/mol. The van der Waals surface area contributed by atoms with Gasteiger partial charge in [-0.15, -0.1) is 0 Å². The Hall–Kier alpha value is 0. The van der Waals surface area contributed by atoms with Gasteiger partial charge in [-0.3, -0.25) is 0 Å². The second-order valence-electron chi connectivity index (χ2n) is 11.2. The molecule has 150 valence electrons. The minimum atomic E-state index is 0.855. The molecular formula is C25H50. The Kier molecular flexibility index (Phi) is 10.7. The molecule has 0 unspecified atom stereocenters. The predicted molar refractivity (Wildman–Crippen MR) is 115 cm³/mol. The molecule has 0 aromatic heterocycles. The topological polar surface area (TPSA) is 0 Å². The second kappa shape index (κ2) is 11.7. The fourth-order valence-corrected chi connectivity index (χ4v) is 5.49. The van der Waals surface area contributed by atoms with E-state index in [9.17, 15) is 0 Å². The molecule has 0 spiro atoms. The van der Waals surface area contributed by atoms with E-state index in [4.69, 9.17) is 0 Å². The highest BCUT2D eigenvalue weighted by atomic mass is 14.4. The van der Waals surface area contributed by atoms with Crippen LogP contribution in [-0.4, -0.2) is 0 Å². The summed E-state index contributed by atoms with van der Waals surface area (Å²) in [4.78, 5) is 0. The summed E-state index contributed by atoms with van der Waals surface area (Å²) in [6, 6.07) is 0. The van der Waals surface area contributed by atoms with Crippen LogP contribution in [0.3, 0.4) is 0 Å². The van der Waals surface area contributed by atoms with Gasteiger partial charge in [0.05, 0.1) is 0 Å². The van der Waals surface area contributed by atoms with Gasteiger partial charge in [0.1, 0.15) is 0 Å². The number of hydrogen-bond donors (Lipinski definition) is 0. The van der Waals surface area contributed by atoms with Crippen LogP contribution in [0.15, 0.2) is 0 Å². The minimum absolute atomic E-state index is 0.855. The summed E-state index contributed by atoms with van der Waals surface area (Å²) in [6.07, 6.45) is 13.4. The Morgan fingerprint density at radius 2 is 0.840 bits per heavy atom. The molecular weight excluding hydrogens is 300 g/mol. The lowest BCUT2D eigenvalue weighted by Crippen LogP contribution is -2.28. The second-order valence-corrected chi connectivity index (χ2v) is 11.2. The van der Waals surface area contributed by atoms with Gasteiger partial charge in [-0.05, 0) is 85.9 Å².